The van der Waals surface area contributed by atoms with E-state index in [-0.39, 0.29) is 5.91 Å². The van der Waals surface area contributed by atoms with Crippen LogP contribution in [0.1, 0.15) is 52.4 Å². The second-order valence-corrected chi connectivity index (χ2v) is 4.05. The van der Waals surface area contributed by atoms with Crippen molar-refractivity contribution < 1.29 is 14.3 Å². The zero-order valence-electron chi connectivity index (χ0n) is 9.47. The fourth-order valence-electron chi connectivity index (χ4n) is 1.83. The van der Waals surface area contributed by atoms with Crippen LogP contribution in [-0.2, 0) is 9.53 Å². The average molecular weight is 213 g/mol. The van der Waals surface area contributed by atoms with Crippen LogP contribution in [-0.4, -0.2) is 17.6 Å². The highest BCUT2D eigenvalue weighted by molar-refractivity contribution is 6.02. The summed E-state index contributed by atoms with van der Waals surface area (Å²) in [5.74, 6) is -0.255. The Balaban J connectivity index is 2.67. The van der Waals surface area contributed by atoms with Crippen LogP contribution in [0.3, 0.4) is 0 Å². The SMILES string of the molecule is CCCCC1(CCCC)OC(=O)NC1=O. The highest BCUT2D eigenvalue weighted by Crippen LogP contribution is 2.29. The second kappa shape index (κ2) is 5.14. The summed E-state index contributed by atoms with van der Waals surface area (Å²) in [5.41, 5.74) is -0.872. The Morgan fingerprint density at radius 1 is 1.13 bits per heavy atom. The van der Waals surface area contributed by atoms with Crippen LogP contribution in [0, 0.1) is 0 Å². The van der Waals surface area contributed by atoms with Gasteiger partial charge in [-0.15, -0.1) is 0 Å². The number of nitrogens with one attached hydrogen (secondary N) is 1. The van der Waals surface area contributed by atoms with Crippen LogP contribution < -0.4 is 5.32 Å². The first kappa shape index (κ1) is 12.0. The molecular formula is C11H19NO3. The zero-order chi connectivity index (χ0) is 11.3. The van der Waals surface area contributed by atoms with E-state index in [4.69, 9.17) is 4.74 Å². The van der Waals surface area contributed by atoms with Gasteiger partial charge < -0.3 is 4.74 Å². The van der Waals surface area contributed by atoms with Gasteiger partial charge in [-0.25, -0.2) is 4.79 Å². The molecule has 1 aliphatic rings. The fraction of sp³-hybridized carbons (Fsp3) is 0.818. The molecule has 1 aliphatic heterocycles. The van der Waals surface area contributed by atoms with Gasteiger partial charge in [0.25, 0.3) is 5.91 Å². The molecular weight excluding hydrogens is 194 g/mol. The van der Waals surface area contributed by atoms with E-state index in [2.05, 4.69) is 19.2 Å². The predicted octanol–water partition coefficient (Wildman–Crippen LogP) is 2.37. The number of cyclic esters (lactones) is 1. The van der Waals surface area contributed by atoms with Gasteiger partial charge in [0.1, 0.15) is 0 Å². The number of ether oxygens (including phenoxy) is 1. The molecule has 0 aromatic carbocycles. The molecule has 0 unspecified atom stereocenters. The molecule has 1 rings (SSSR count). The van der Waals surface area contributed by atoms with Gasteiger partial charge in [0.15, 0.2) is 5.60 Å². The van der Waals surface area contributed by atoms with Gasteiger partial charge in [-0.2, -0.15) is 0 Å². The Morgan fingerprint density at radius 2 is 1.67 bits per heavy atom. The molecule has 0 atom stereocenters. The average Bonchev–Trinajstić information content (AvgIpc) is 2.48. The standard InChI is InChI=1S/C11H19NO3/c1-3-5-7-11(8-6-4-2)9(13)12-10(14)15-11/h3-8H2,1-2H3,(H,12,13,14). The summed E-state index contributed by atoms with van der Waals surface area (Å²) < 4.78 is 5.17. The number of hydrogen-bond acceptors (Lipinski definition) is 3. The summed E-state index contributed by atoms with van der Waals surface area (Å²) >= 11 is 0. The Kier molecular flexibility index (Phi) is 4.12. The molecule has 15 heavy (non-hydrogen) atoms. The van der Waals surface area contributed by atoms with Crippen LogP contribution in [0.15, 0.2) is 0 Å². The number of hydrogen-bond donors (Lipinski definition) is 1. The van der Waals surface area contributed by atoms with E-state index in [0.717, 1.165) is 25.7 Å². The lowest BCUT2D eigenvalue weighted by Gasteiger charge is -2.23. The molecule has 1 saturated heterocycles. The summed E-state index contributed by atoms with van der Waals surface area (Å²) in [7, 11) is 0. The minimum absolute atomic E-state index is 0.255. The Bertz CT molecular complexity index is 242. The maximum absolute atomic E-state index is 11.7. The molecule has 1 N–H and O–H groups in total. The number of rotatable bonds is 6. The molecule has 0 radical (unpaired) electrons. The normalized spacial score (nSPS) is 18.8. The van der Waals surface area contributed by atoms with Crippen LogP contribution >= 0.6 is 0 Å². The van der Waals surface area contributed by atoms with Gasteiger partial charge in [-0.1, -0.05) is 26.7 Å². The minimum atomic E-state index is -0.872. The maximum atomic E-state index is 11.7. The third kappa shape index (κ3) is 2.70. The second-order valence-electron chi connectivity index (χ2n) is 4.05. The first-order chi connectivity index (χ1) is 7.14. The predicted molar refractivity (Wildman–Crippen MR) is 56.4 cm³/mol. The van der Waals surface area contributed by atoms with Gasteiger partial charge in [0, 0.05) is 0 Å². The summed E-state index contributed by atoms with van der Waals surface area (Å²) in [6.07, 6.45) is 4.50. The highest BCUT2D eigenvalue weighted by atomic mass is 16.6. The van der Waals surface area contributed by atoms with Crippen LogP contribution in [0.4, 0.5) is 4.79 Å². The summed E-state index contributed by atoms with van der Waals surface area (Å²) in [4.78, 5) is 22.7. The molecule has 1 heterocycles. The van der Waals surface area contributed by atoms with E-state index < -0.39 is 11.7 Å². The van der Waals surface area contributed by atoms with Crippen LogP contribution in [0.25, 0.3) is 0 Å². The highest BCUT2D eigenvalue weighted by Gasteiger charge is 2.47. The Morgan fingerprint density at radius 3 is 2.00 bits per heavy atom. The van der Waals surface area contributed by atoms with Gasteiger partial charge >= 0.3 is 6.09 Å². The molecule has 0 spiro atoms. The van der Waals surface area contributed by atoms with Crippen molar-refractivity contribution in [3.8, 4) is 0 Å². The minimum Gasteiger partial charge on any atom is -0.432 e. The number of alkyl carbamates (subject to hydrolysis) is 1. The van der Waals surface area contributed by atoms with E-state index in [0.29, 0.717) is 12.8 Å². The molecule has 0 bridgehead atoms. The largest absolute Gasteiger partial charge is 0.432 e. The van der Waals surface area contributed by atoms with E-state index in [1.165, 1.54) is 0 Å². The molecule has 4 nitrogen and oxygen atoms in total. The van der Waals surface area contributed by atoms with Crippen molar-refractivity contribution in [3.05, 3.63) is 0 Å². The molecule has 2 amide bonds. The quantitative estimate of drug-likeness (QED) is 0.737. The number of amides is 2. The lowest BCUT2D eigenvalue weighted by atomic mass is 9.90. The summed E-state index contributed by atoms with van der Waals surface area (Å²) in [5, 5.41) is 2.23. The Hall–Kier alpha value is -1.06. The van der Waals surface area contributed by atoms with Gasteiger partial charge in [-0.05, 0) is 25.7 Å². The number of carbonyl (C=O) groups excluding carboxylic acids is 2. The van der Waals surface area contributed by atoms with Crippen LogP contribution in [0.2, 0.25) is 0 Å². The first-order valence-corrected chi connectivity index (χ1v) is 5.69. The van der Waals surface area contributed by atoms with E-state index in [1.807, 2.05) is 0 Å². The number of imide groups is 1. The zero-order valence-corrected chi connectivity index (χ0v) is 9.47. The van der Waals surface area contributed by atoms with Crippen LogP contribution in [0.5, 0.6) is 0 Å². The van der Waals surface area contributed by atoms with Crippen molar-refractivity contribution in [1.29, 1.82) is 0 Å². The lowest BCUT2D eigenvalue weighted by molar-refractivity contribution is -0.132. The first-order valence-electron chi connectivity index (χ1n) is 5.69. The monoisotopic (exact) mass is 213 g/mol. The topological polar surface area (TPSA) is 55.4 Å². The molecule has 0 aliphatic carbocycles. The summed E-state index contributed by atoms with van der Waals surface area (Å²) in [6, 6.07) is 0. The third-order valence-electron chi connectivity index (χ3n) is 2.79. The maximum Gasteiger partial charge on any atom is 0.415 e. The van der Waals surface area contributed by atoms with Crippen molar-refractivity contribution in [3.63, 3.8) is 0 Å². The van der Waals surface area contributed by atoms with Crippen molar-refractivity contribution >= 4 is 12.0 Å². The summed E-state index contributed by atoms with van der Waals surface area (Å²) in [6.45, 7) is 4.12. The van der Waals surface area contributed by atoms with E-state index in [1.54, 1.807) is 0 Å². The van der Waals surface area contributed by atoms with Gasteiger partial charge in [0.05, 0.1) is 0 Å². The molecule has 0 aromatic rings. The fourth-order valence-corrected chi connectivity index (χ4v) is 1.83. The van der Waals surface area contributed by atoms with E-state index >= 15 is 0 Å². The number of unbranched alkanes of at least 4 members (excludes halogenated alkanes) is 2. The van der Waals surface area contributed by atoms with Crippen molar-refractivity contribution in [2.45, 2.75) is 58.0 Å². The molecule has 86 valence electrons. The van der Waals surface area contributed by atoms with Gasteiger partial charge in [-0.3, -0.25) is 10.1 Å². The van der Waals surface area contributed by atoms with Crippen molar-refractivity contribution in [2.75, 3.05) is 0 Å². The van der Waals surface area contributed by atoms with E-state index in [9.17, 15) is 9.59 Å². The third-order valence-corrected chi connectivity index (χ3v) is 2.79. The smallest absolute Gasteiger partial charge is 0.415 e. The van der Waals surface area contributed by atoms with Crippen molar-refractivity contribution in [1.82, 2.24) is 5.32 Å². The molecule has 1 fully saturated rings. The molecule has 0 aromatic heterocycles. The van der Waals surface area contributed by atoms with Gasteiger partial charge in [0.2, 0.25) is 0 Å². The lowest BCUT2D eigenvalue weighted by Crippen LogP contribution is -2.39. The number of carbonyl (C=O) groups is 2. The molecule has 0 saturated carbocycles. The molecule has 4 heteroatoms. The Labute approximate surface area is 90.4 Å². The van der Waals surface area contributed by atoms with Crippen molar-refractivity contribution in [2.24, 2.45) is 0 Å².